The number of rotatable bonds is 4. The van der Waals surface area contributed by atoms with Crippen LogP contribution < -0.4 is 16.0 Å². The van der Waals surface area contributed by atoms with Crippen molar-refractivity contribution in [2.75, 3.05) is 5.43 Å². The van der Waals surface area contributed by atoms with Crippen LogP contribution in [0.5, 0.6) is 11.6 Å². The van der Waals surface area contributed by atoms with Crippen molar-refractivity contribution in [3.05, 3.63) is 44.3 Å². The molecule has 0 saturated carbocycles. The van der Waals surface area contributed by atoms with E-state index < -0.39 is 10.7 Å². The summed E-state index contributed by atoms with van der Waals surface area (Å²) in [6.45, 7) is 1.48. The molecule has 8 nitrogen and oxygen atoms in total. The number of aromatic nitrogens is 2. The molecule has 2 aromatic rings. The van der Waals surface area contributed by atoms with E-state index in [4.69, 9.17) is 10.6 Å². The van der Waals surface area contributed by atoms with E-state index >= 15 is 0 Å². The quantitative estimate of drug-likeness (QED) is 0.490. The van der Waals surface area contributed by atoms with Crippen molar-refractivity contribution in [2.45, 2.75) is 6.92 Å². The van der Waals surface area contributed by atoms with E-state index in [1.165, 1.54) is 19.2 Å². The number of anilines is 1. The van der Waals surface area contributed by atoms with Gasteiger partial charge in [-0.1, -0.05) is 0 Å². The van der Waals surface area contributed by atoms with Gasteiger partial charge in [-0.25, -0.2) is 15.2 Å². The second-order valence-electron chi connectivity index (χ2n) is 3.92. The van der Waals surface area contributed by atoms with Crippen molar-refractivity contribution >= 4 is 27.6 Å². The van der Waals surface area contributed by atoms with Gasteiger partial charge in [0.25, 0.3) is 5.69 Å². The van der Waals surface area contributed by atoms with Crippen LogP contribution in [0.4, 0.5) is 16.0 Å². The number of hydrogen-bond donors (Lipinski definition) is 2. The first-order valence-corrected chi connectivity index (χ1v) is 6.33. The lowest BCUT2D eigenvalue weighted by Crippen LogP contribution is -2.10. The van der Waals surface area contributed by atoms with E-state index in [0.717, 1.165) is 6.07 Å². The number of nitrogens with one attached hydrogen (secondary N) is 1. The van der Waals surface area contributed by atoms with Crippen LogP contribution in [-0.4, -0.2) is 14.9 Å². The van der Waals surface area contributed by atoms with E-state index in [9.17, 15) is 14.5 Å². The average molecular weight is 358 g/mol. The Bertz CT molecular complexity index is 712. The summed E-state index contributed by atoms with van der Waals surface area (Å²) < 4.78 is 19.5. The molecule has 0 unspecified atom stereocenters. The molecule has 2 rings (SSSR count). The monoisotopic (exact) mass is 357 g/mol. The Morgan fingerprint density at radius 2 is 2.24 bits per heavy atom. The zero-order chi connectivity index (χ0) is 15.6. The topological polar surface area (TPSA) is 116 Å². The van der Waals surface area contributed by atoms with Crippen LogP contribution in [0.1, 0.15) is 5.56 Å². The summed E-state index contributed by atoms with van der Waals surface area (Å²) in [6.07, 6.45) is 1.37. The van der Waals surface area contributed by atoms with E-state index in [1.54, 1.807) is 0 Å². The highest BCUT2D eigenvalue weighted by Gasteiger charge is 2.18. The molecule has 1 heterocycles. The fourth-order valence-electron chi connectivity index (χ4n) is 1.52. The summed E-state index contributed by atoms with van der Waals surface area (Å²) in [6, 6.07) is 2.01. The molecule has 0 fully saturated rings. The first-order chi connectivity index (χ1) is 9.92. The summed E-state index contributed by atoms with van der Waals surface area (Å²) in [5.74, 6) is 4.20. The van der Waals surface area contributed by atoms with Crippen molar-refractivity contribution in [3.63, 3.8) is 0 Å². The van der Waals surface area contributed by atoms with Crippen molar-refractivity contribution in [1.29, 1.82) is 0 Å². The third-order valence-corrected chi connectivity index (χ3v) is 3.04. The zero-order valence-corrected chi connectivity index (χ0v) is 12.2. The van der Waals surface area contributed by atoms with Crippen LogP contribution in [-0.2, 0) is 0 Å². The lowest BCUT2D eigenvalue weighted by molar-refractivity contribution is -0.385. The SMILES string of the molecule is Cc1cc(Oc2nc(NN)ncc2Br)c(F)cc1[N+](=O)[O-]. The highest BCUT2D eigenvalue weighted by atomic mass is 79.9. The molecule has 0 amide bonds. The van der Waals surface area contributed by atoms with Gasteiger partial charge >= 0.3 is 0 Å². The molecule has 3 N–H and O–H groups in total. The maximum Gasteiger partial charge on any atom is 0.275 e. The van der Waals surface area contributed by atoms with Gasteiger partial charge in [-0.2, -0.15) is 4.98 Å². The van der Waals surface area contributed by atoms with E-state index in [-0.39, 0.29) is 28.8 Å². The molecule has 0 radical (unpaired) electrons. The van der Waals surface area contributed by atoms with Crippen molar-refractivity contribution in [3.8, 4) is 11.6 Å². The molecular weight excluding hydrogens is 349 g/mol. The number of benzene rings is 1. The second-order valence-corrected chi connectivity index (χ2v) is 4.77. The van der Waals surface area contributed by atoms with Gasteiger partial charge in [0, 0.05) is 5.56 Å². The summed E-state index contributed by atoms with van der Waals surface area (Å²) in [5.41, 5.74) is 2.16. The van der Waals surface area contributed by atoms with Crippen LogP contribution >= 0.6 is 15.9 Å². The molecule has 1 aromatic carbocycles. The predicted octanol–water partition coefficient (Wildman–Crippen LogP) is 2.67. The second kappa shape index (κ2) is 5.97. The number of aryl methyl sites for hydroxylation is 1. The van der Waals surface area contributed by atoms with Crippen molar-refractivity contribution in [2.24, 2.45) is 5.84 Å². The number of nitrogen functional groups attached to an aromatic ring is 1. The number of hydrogen-bond acceptors (Lipinski definition) is 7. The normalized spacial score (nSPS) is 10.3. The van der Waals surface area contributed by atoms with E-state index in [1.807, 2.05) is 0 Å². The highest BCUT2D eigenvalue weighted by molar-refractivity contribution is 9.10. The first kappa shape index (κ1) is 15.1. The van der Waals surface area contributed by atoms with Gasteiger partial charge in [0.15, 0.2) is 11.6 Å². The Morgan fingerprint density at radius 3 is 2.86 bits per heavy atom. The summed E-state index contributed by atoms with van der Waals surface area (Å²) in [4.78, 5) is 17.8. The van der Waals surface area contributed by atoms with Gasteiger partial charge in [-0.05, 0) is 28.9 Å². The molecule has 1 aromatic heterocycles. The standard InChI is InChI=1S/C11H9BrFN5O3/c1-5-2-9(7(13)3-8(5)18(19)20)21-10-6(12)4-15-11(16-10)17-14/h2-4H,14H2,1H3,(H,15,16,17). The van der Waals surface area contributed by atoms with Crippen LogP contribution in [0.25, 0.3) is 0 Å². The number of nitro groups is 1. The number of ether oxygens (including phenoxy) is 1. The molecule has 0 bridgehead atoms. The fraction of sp³-hybridized carbons (Fsp3) is 0.0909. The minimum absolute atomic E-state index is 0.0186. The molecule has 0 aliphatic rings. The van der Waals surface area contributed by atoms with Crippen molar-refractivity contribution < 1.29 is 14.1 Å². The van der Waals surface area contributed by atoms with Gasteiger partial charge in [0.2, 0.25) is 11.8 Å². The molecule has 21 heavy (non-hydrogen) atoms. The lowest BCUT2D eigenvalue weighted by Gasteiger charge is -2.09. The predicted molar refractivity (Wildman–Crippen MR) is 75.4 cm³/mol. The largest absolute Gasteiger partial charge is 0.435 e. The Morgan fingerprint density at radius 1 is 1.52 bits per heavy atom. The first-order valence-electron chi connectivity index (χ1n) is 5.54. The van der Waals surface area contributed by atoms with Crippen LogP contribution in [0.2, 0.25) is 0 Å². The molecule has 110 valence electrons. The minimum atomic E-state index is -0.875. The molecule has 0 spiro atoms. The molecule has 0 saturated heterocycles. The number of nitrogens with zero attached hydrogens (tertiary/aromatic N) is 3. The van der Waals surface area contributed by atoms with Crippen LogP contribution in [0, 0.1) is 22.9 Å². The summed E-state index contributed by atoms with van der Waals surface area (Å²) in [5, 5.41) is 10.7. The maximum absolute atomic E-state index is 13.9. The van der Waals surface area contributed by atoms with E-state index in [0.29, 0.717) is 4.47 Å². The van der Waals surface area contributed by atoms with Crippen LogP contribution in [0.3, 0.4) is 0 Å². The molecule has 0 atom stereocenters. The fourth-order valence-corrected chi connectivity index (χ4v) is 1.79. The zero-order valence-electron chi connectivity index (χ0n) is 10.6. The van der Waals surface area contributed by atoms with Gasteiger partial charge in [-0.3, -0.25) is 15.5 Å². The Balaban J connectivity index is 2.40. The van der Waals surface area contributed by atoms with Gasteiger partial charge in [0.1, 0.15) is 0 Å². The third-order valence-electron chi connectivity index (χ3n) is 2.49. The molecular formula is C11H9BrFN5O3. The van der Waals surface area contributed by atoms with Crippen molar-refractivity contribution in [1.82, 2.24) is 9.97 Å². The molecule has 10 heteroatoms. The Kier molecular flexibility index (Phi) is 4.29. The molecule has 0 aliphatic heterocycles. The minimum Gasteiger partial charge on any atom is -0.435 e. The third kappa shape index (κ3) is 3.23. The van der Waals surface area contributed by atoms with Gasteiger partial charge < -0.3 is 4.74 Å². The Labute approximate surface area is 126 Å². The summed E-state index contributed by atoms with van der Waals surface area (Å²) in [7, 11) is 0. The number of nitro benzene ring substituents is 1. The average Bonchev–Trinajstić information content (AvgIpc) is 2.44. The smallest absolute Gasteiger partial charge is 0.275 e. The summed E-state index contributed by atoms with van der Waals surface area (Å²) >= 11 is 3.15. The van der Waals surface area contributed by atoms with Gasteiger partial charge in [0.05, 0.1) is 21.7 Å². The number of halogens is 2. The number of hydrazine groups is 1. The Hall–Kier alpha value is -2.33. The lowest BCUT2D eigenvalue weighted by atomic mass is 10.2. The highest BCUT2D eigenvalue weighted by Crippen LogP contribution is 2.32. The molecule has 0 aliphatic carbocycles. The number of nitrogens with two attached hydrogens (primary N) is 1. The van der Waals surface area contributed by atoms with E-state index in [2.05, 4.69) is 31.3 Å². The maximum atomic E-state index is 13.9. The van der Waals surface area contributed by atoms with Crippen LogP contribution in [0.15, 0.2) is 22.8 Å². The van der Waals surface area contributed by atoms with Gasteiger partial charge in [-0.15, -0.1) is 0 Å².